The van der Waals surface area contributed by atoms with Crippen LogP contribution in [0.4, 0.5) is 5.69 Å². The topological polar surface area (TPSA) is 105 Å². The maximum atomic E-state index is 12.2. The number of hydrazone groups is 1. The fraction of sp³-hybridized carbons (Fsp3) is 0.250. The largest absolute Gasteiger partial charge is 0.427 e. The summed E-state index contributed by atoms with van der Waals surface area (Å²) < 4.78 is 30.1. The third kappa shape index (κ3) is 7.04. The number of hydrogen-bond donors (Lipinski definition) is 1. The van der Waals surface area contributed by atoms with Crippen molar-refractivity contribution in [1.82, 2.24) is 5.43 Å². The molecule has 0 atom stereocenters. The van der Waals surface area contributed by atoms with Crippen molar-refractivity contribution in [2.75, 3.05) is 17.1 Å². The minimum atomic E-state index is -3.65. The number of hydrogen-bond acceptors (Lipinski definition) is 6. The second-order valence-corrected chi connectivity index (χ2v) is 8.15. The number of amides is 1. The lowest BCUT2D eigenvalue weighted by Crippen LogP contribution is -2.39. The number of carbonyl (C=O) groups excluding carboxylic acids is 2. The minimum Gasteiger partial charge on any atom is -0.427 e. The predicted octanol–water partition coefficient (Wildman–Crippen LogP) is 2.09. The van der Waals surface area contributed by atoms with E-state index in [9.17, 15) is 18.0 Å². The average molecular weight is 417 g/mol. The Hall–Kier alpha value is -3.20. The highest BCUT2D eigenvalue weighted by molar-refractivity contribution is 7.92. The van der Waals surface area contributed by atoms with Gasteiger partial charge in [0, 0.05) is 6.92 Å². The van der Waals surface area contributed by atoms with Crippen LogP contribution in [0.1, 0.15) is 25.0 Å². The molecule has 0 saturated carbocycles. The zero-order valence-corrected chi connectivity index (χ0v) is 17.3. The van der Waals surface area contributed by atoms with Crippen LogP contribution in [0.3, 0.4) is 0 Å². The Bertz CT molecular complexity index is 984. The Labute approximate surface area is 170 Å². The van der Waals surface area contributed by atoms with E-state index < -0.39 is 28.4 Å². The van der Waals surface area contributed by atoms with Crippen molar-refractivity contribution in [3.63, 3.8) is 0 Å². The van der Waals surface area contributed by atoms with E-state index in [1.807, 2.05) is 19.1 Å². The van der Waals surface area contributed by atoms with Gasteiger partial charge in [-0.05, 0) is 53.9 Å². The zero-order valence-electron chi connectivity index (χ0n) is 16.5. The second-order valence-electron chi connectivity index (χ2n) is 6.25. The number of carbonyl (C=O) groups is 2. The van der Waals surface area contributed by atoms with Gasteiger partial charge in [-0.1, -0.05) is 19.1 Å². The molecule has 0 aliphatic rings. The number of benzene rings is 2. The molecule has 9 heteroatoms. The number of anilines is 1. The summed E-state index contributed by atoms with van der Waals surface area (Å²) in [6, 6.07) is 13.5. The Morgan fingerprint density at radius 3 is 2.24 bits per heavy atom. The summed E-state index contributed by atoms with van der Waals surface area (Å²) in [5.74, 6) is -0.599. The van der Waals surface area contributed by atoms with Crippen LogP contribution < -0.4 is 14.5 Å². The monoisotopic (exact) mass is 417 g/mol. The van der Waals surface area contributed by atoms with Crippen LogP contribution in [-0.2, 0) is 26.0 Å². The number of esters is 1. The summed E-state index contributed by atoms with van der Waals surface area (Å²) in [4.78, 5) is 23.1. The fourth-order valence-corrected chi connectivity index (χ4v) is 3.29. The highest BCUT2D eigenvalue weighted by Crippen LogP contribution is 2.18. The van der Waals surface area contributed by atoms with Crippen LogP contribution in [0, 0.1) is 0 Å². The lowest BCUT2D eigenvalue weighted by atomic mass is 10.1. The van der Waals surface area contributed by atoms with E-state index in [0.29, 0.717) is 17.0 Å². The predicted molar refractivity (Wildman–Crippen MR) is 111 cm³/mol. The molecule has 0 aliphatic heterocycles. The Morgan fingerprint density at radius 2 is 1.72 bits per heavy atom. The molecule has 2 aromatic carbocycles. The summed E-state index contributed by atoms with van der Waals surface area (Å²) in [7, 11) is -3.65. The number of ether oxygens (including phenoxy) is 1. The van der Waals surface area contributed by atoms with E-state index in [0.717, 1.165) is 22.5 Å². The van der Waals surface area contributed by atoms with Crippen molar-refractivity contribution in [3.05, 3.63) is 59.7 Å². The van der Waals surface area contributed by atoms with E-state index in [2.05, 4.69) is 10.5 Å². The van der Waals surface area contributed by atoms with Gasteiger partial charge in [0.2, 0.25) is 10.0 Å². The van der Waals surface area contributed by atoms with Gasteiger partial charge in [0.05, 0.1) is 18.2 Å². The van der Waals surface area contributed by atoms with E-state index in [1.54, 1.807) is 36.4 Å². The lowest BCUT2D eigenvalue weighted by Gasteiger charge is -2.21. The van der Waals surface area contributed by atoms with E-state index in [-0.39, 0.29) is 0 Å². The van der Waals surface area contributed by atoms with Gasteiger partial charge < -0.3 is 4.74 Å². The summed E-state index contributed by atoms with van der Waals surface area (Å²) in [5.41, 5.74) is 4.45. The molecule has 0 aromatic heterocycles. The summed E-state index contributed by atoms with van der Waals surface area (Å²) in [6.45, 7) is 2.91. The number of aryl methyl sites for hydroxylation is 1. The maximum Gasteiger partial charge on any atom is 0.308 e. The van der Waals surface area contributed by atoms with Gasteiger partial charge >= 0.3 is 5.97 Å². The molecule has 0 spiro atoms. The van der Waals surface area contributed by atoms with E-state index in [1.165, 1.54) is 13.1 Å². The molecule has 154 valence electrons. The van der Waals surface area contributed by atoms with Crippen molar-refractivity contribution in [2.45, 2.75) is 20.3 Å². The highest BCUT2D eigenvalue weighted by atomic mass is 32.2. The molecule has 0 bridgehead atoms. The number of nitrogens with zero attached hydrogens (tertiary/aromatic N) is 2. The Morgan fingerprint density at radius 1 is 1.10 bits per heavy atom. The minimum absolute atomic E-state index is 0.396. The molecule has 0 radical (unpaired) electrons. The highest BCUT2D eigenvalue weighted by Gasteiger charge is 2.20. The number of nitrogens with one attached hydrogen (secondary N) is 1. The van der Waals surface area contributed by atoms with E-state index in [4.69, 9.17) is 4.74 Å². The Kier molecular flexibility index (Phi) is 7.49. The first-order valence-electron chi connectivity index (χ1n) is 8.86. The summed E-state index contributed by atoms with van der Waals surface area (Å²) in [5, 5.41) is 3.83. The SMILES string of the molecule is CCc1ccc(N(CC(=O)N/N=C\c2ccc(OC(C)=O)cc2)S(C)(=O)=O)cc1. The first kappa shape index (κ1) is 22.1. The van der Waals surface area contributed by atoms with Crippen LogP contribution in [0.25, 0.3) is 0 Å². The molecular weight excluding hydrogens is 394 g/mol. The van der Waals surface area contributed by atoms with Crippen molar-refractivity contribution in [1.29, 1.82) is 0 Å². The zero-order chi connectivity index (χ0) is 21.4. The van der Waals surface area contributed by atoms with Crippen LogP contribution >= 0.6 is 0 Å². The second kappa shape index (κ2) is 9.83. The van der Waals surface area contributed by atoms with Crippen molar-refractivity contribution in [2.24, 2.45) is 5.10 Å². The third-order valence-corrected chi connectivity index (χ3v) is 5.01. The molecule has 2 rings (SSSR count). The van der Waals surface area contributed by atoms with Crippen molar-refractivity contribution >= 4 is 33.8 Å². The molecule has 29 heavy (non-hydrogen) atoms. The van der Waals surface area contributed by atoms with Gasteiger partial charge in [0.25, 0.3) is 5.91 Å². The quantitative estimate of drug-likeness (QED) is 0.306. The smallest absolute Gasteiger partial charge is 0.308 e. The molecular formula is C20H23N3O5S. The maximum absolute atomic E-state index is 12.2. The molecule has 8 nitrogen and oxygen atoms in total. The van der Waals surface area contributed by atoms with Gasteiger partial charge in [-0.2, -0.15) is 5.10 Å². The average Bonchev–Trinajstić information content (AvgIpc) is 2.66. The standard InChI is InChI=1S/C20H23N3O5S/c1-4-16-5-9-18(10-6-16)23(29(3,26)27)14-20(25)22-21-13-17-7-11-19(12-8-17)28-15(2)24/h5-13H,4,14H2,1-3H3,(H,22,25)/b21-13-. The first-order valence-corrected chi connectivity index (χ1v) is 10.7. The summed E-state index contributed by atoms with van der Waals surface area (Å²) in [6.07, 6.45) is 3.27. The van der Waals surface area contributed by atoms with Crippen LogP contribution in [0.2, 0.25) is 0 Å². The van der Waals surface area contributed by atoms with E-state index >= 15 is 0 Å². The fourth-order valence-electron chi connectivity index (χ4n) is 2.43. The number of sulfonamides is 1. The molecule has 0 aliphatic carbocycles. The molecule has 2 aromatic rings. The van der Waals surface area contributed by atoms with Crippen molar-refractivity contribution in [3.8, 4) is 5.75 Å². The van der Waals surface area contributed by atoms with Gasteiger partial charge in [-0.3, -0.25) is 13.9 Å². The van der Waals surface area contributed by atoms with Crippen LogP contribution in [0.15, 0.2) is 53.6 Å². The van der Waals surface area contributed by atoms with Crippen LogP contribution in [-0.4, -0.2) is 39.3 Å². The number of rotatable bonds is 8. The van der Waals surface area contributed by atoms with Gasteiger partial charge in [-0.15, -0.1) is 0 Å². The molecule has 0 saturated heterocycles. The molecule has 0 heterocycles. The third-order valence-electron chi connectivity index (χ3n) is 3.86. The van der Waals surface area contributed by atoms with Gasteiger partial charge in [-0.25, -0.2) is 13.8 Å². The molecule has 1 N–H and O–H groups in total. The Balaban J connectivity index is 2.00. The molecule has 0 fully saturated rings. The summed E-state index contributed by atoms with van der Waals surface area (Å²) >= 11 is 0. The van der Waals surface area contributed by atoms with Gasteiger partial charge in [0.15, 0.2) is 0 Å². The lowest BCUT2D eigenvalue weighted by molar-refractivity contribution is -0.131. The first-order chi connectivity index (χ1) is 13.7. The molecule has 1 amide bonds. The van der Waals surface area contributed by atoms with Crippen LogP contribution in [0.5, 0.6) is 5.75 Å². The van der Waals surface area contributed by atoms with Crippen molar-refractivity contribution < 1.29 is 22.7 Å². The molecule has 0 unspecified atom stereocenters. The van der Waals surface area contributed by atoms with Gasteiger partial charge in [0.1, 0.15) is 12.3 Å². The normalized spacial score (nSPS) is 11.3.